The van der Waals surface area contributed by atoms with Crippen molar-refractivity contribution in [2.24, 2.45) is 5.92 Å². The van der Waals surface area contributed by atoms with Crippen LogP contribution >= 0.6 is 0 Å². The SMILES string of the molecule is CCC(CC)C(=O)OOCc1ccccc1. The van der Waals surface area contributed by atoms with Crippen LogP contribution < -0.4 is 0 Å². The molecule has 1 rings (SSSR count). The average molecular weight is 222 g/mol. The minimum Gasteiger partial charge on any atom is -0.298 e. The third-order valence-corrected chi connectivity index (χ3v) is 2.53. The summed E-state index contributed by atoms with van der Waals surface area (Å²) in [5.41, 5.74) is 0.986. The second-order valence-electron chi connectivity index (χ2n) is 3.66. The molecule has 0 aromatic heterocycles. The Morgan fingerprint density at radius 2 is 1.81 bits per heavy atom. The van der Waals surface area contributed by atoms with Gasteiger partial charge in [0.15, 0.2) is 0 Å². The van der Waals surface area contributed by atoms with Gasteiger partial charge in [0.2, 0.25) is 0 Å². The van der Waals surface area contributed by atoms with Gasteiger partial charge < -0.3 is 0 Å². The summed E-state index contributed by atoms with van der Waals surface area (Å²) in [6.07, 6.45) is 1.56. The Balaban J connectivity index is 2.28. The maximum atomic E-state index is 11.4. The summed E-state index contributed by atoms with van der Waals surface area (Å²) in [6, 6.07) is 9.61. The van der Waals surface area contributed by atoms with E-state index in [-0.39, 0.29) is 11.9 Å². The number of benzene rings is 1. The largest absolute Gasteiger partial charge is 0.345 e. The fourth-order valence-electron chi connectivity index (χ4n) is 1.42. The molecule has 0 amide bonds. The fraction of sp³-hybridized carbons (Fsp3) is 0.462. The topological polar surface area (TPSA) is 35.5 Å². The van der Waals surface area contributed by atoms with E-state index < -0.39 is 0 Å². The molecule has 0 aliphatic heterocycles. The molecule has 0 unspecified atom stereocenters. The molecular weight excluding hydrogens is 204 g/mol. The lowest BCUT2D eigenvalue weighted by Gasteiger charge is -2.10. The van der Waals surface area contributed by atoms with Gasteiger partial charge in [-0.1, -0.05) is 44.2 Å². The van der Waals surface area contributed by atoms with Crippen LogP contribution in [0.25, 0.3) is 0 Å². The highest BCUT2D eigenvalue weighted by Gasteiger charge is 2.16. The zero-order valence-electron chi connectivity index (χ0n) is 9.81. The lowest BCUT2D eigenvalue weighted by atomic mass is 10.0. The number of hydrogen-bond acceptors (Lipinski definition) is 3. The van der Waals surface area contributed by atoms with Crippen molar-refractivity contribution >= 4 is 5.97 Å². The predicted octanol–water partition coefficient (Wildman–Crippen LogP) is 3.10. The van der Waals surface area contributed by atoms with Crippen molar-refractivity contribution in [3.8, 4) is 0 Å². The van der Waals surface area contributed by atoms with Gasteiger partial charge in [0, 0.05) is 0 Å². The summed E-state index contributed by atoms with van der Waals surface area (Å²) >= 11 is 0. The van der Waals surface area contributed by atoms with Gasteiger partial charge in [-0.15, -0.1) is 0 Å². The molecule has 0 heterocycles. The number of rotatable bonds is 6. The number of carbonyl (C=O) groups excluding carboxylic acids is 1. The highest BCUT2D eigenvalue weighted by atomic mass is 17.2. The molecule has 3 heteroatoms. The zero-order valence-corrected chi connectivity index (χ0v) is 9.81. The van der Waals surface area contributed by atoms with Crippen LogP contribution in [-0.2, 0) is 21.2 Å². The third kappa shape index (κ3) is 4.03. The van der Waals surface area contributed by atoms with Crippen molar-refractivity contribution in [1.29, 1.82) is 0 Å². The van der Waals surface area contributed by atoms with Gasteiger partial charge in [-0.2, -0.15) is 4.89 Å². The first-order valence-electron chi connectivity index (χ1n) is 5.65. The minimum absolute atomic E-state index is 0.0595. The van der Waals surface area contributed by atoms with Crippen LogP contribution in [0.1, 0.15) is 32.3 Å². The Bertz CT molecular complexity index is 304. The van der Waals surface area contributed by atoms with Gasteiger partial charge in [0.05, 0.1) is 5.92 Å². The van der Waals surface area contributed by atoms with Gasteiger partial charge in [0.25, 0.3) is 0 Å². The van der Waals surface area contributed by atoms with E-state index in [1.807, 2.05) is 44.2 Å². The monoisotopic (exact) mass is 222 g/mol. The molecular formula is C13H18O3. The van der Waals surface area contributed by atoms with Crippen molar-refractivity contribution in [1.82, 2.24) is 0 Å². The van der Waals surface area contributed by atoms with Crippen molar-refractivity contribution in [3.63, 3.8) is 0 Å². The Hall–Kier alpha value is -1.35. The first-order chi connectivity index (χ1) is 7.77. The Kier molecular flexibility index (Phi) is 5.57. The van der Waals surface area contributed by atoms with E-state index >= 15 is 0 Å². The molecule has 0 bridgehead atoms. The predicted molar refractivity (Wildman–Crippen MR) is 61.4 cm³/mol. The number of carbonyl (C=O) groups is 1. The van der Waals surface area contributed by atoms with Gasteiger partial charge in [-0.25, -0.2) is 4.79 Å². The summed E-state index contributed by atoms with van der Waals surface area (Å²) in [5.74, 6) is -0.336. The summed E-state index contributed by atoms with van der Waals surface area (Å²) in [4.78, 5) is 21.1. The van der Waals surface area contributed by atoms with E-state index in [1.54, 1.807) is 0 Å². The van der Waals surface area contributed by atoms with E-state index in [1.165, 1.54) is 0 Å². The Morgan fingerprint density at radius 1 is 1.19 bits per heavy atom. The molecule has 0 fully saturated rings. The molecule has 0 radical (unpaired) electrons. The van der Waals surface area contributed by atoms with Crippen molar-refractivity contribution < 1.29 is 14.6 Å². The zero-order chi connectivity index (χ0) is 11.8. The minimum atomic E-state index is -0.277. The first-order valence-corrected chi connectivity index (χ1v) is 5.65. The molecule has 0 N–H and O–H groups in total. The van der Waals surface area contributed by atoms with Crippen LogP contribution in [0.4, 0.5) is 0 Å². The lowest BCUT2D eigenvalue weighted by molar-refractivity contribution is -0.283. The molecule has 0 saturated heterocycles. The van der Waals surface area contributed by atoms with Crippen LogP contribution in [0.5, 0.6) is 0 Å². The highest BCUT2D eigenvalue weighted by molar-refractivity contribution is 5.71. The fourth-order valence-corrected chi connectivity index (χ4v) is 1.42. The quantitative estimate of drug-likeness (QED) is 0.548. The maximum absolute atomic E-state index is 11.4. The first kappa shape index (κ1) is 12.7. The van der Waals surface area contributed by atoms with Crippen molar-refractivity contribution in [2.45, 2.75) is 33.3 Å². The average Bonchev–Trinajstić information content (AvgIpc) is 2.32. The van der Waals surface area contributed by atoms with Crippen LogP contribution in [0.15, 0.2) is 30.3 Å². The lowest BCUT2D eigenvalue weighted by Crippen LogP contribution is -2.16. The second kappa shape index (κ2) is 7.01. The normalized spacial score (nSPS) is 10.4. The van der Waals surface area contributed by atoms with Crippen LogP contribution in [-0.4, -0.2) is 5.97 Å². The van der Waals surface area contributed by atoms with E-state index in [4.69, 9.17) is 9.78 Å². The molecule has 0 spiro atoms. The van der Waals surface area contributed by atoms with Crippen molar-refractivity contribution in [3.05, 3.63) is 35.9 Å². The molecule has 0 saturated carbocycles. The second-order valence-corrected chi connectivity index (χ2v) is 3.66. The third-order valence-electron chi connectivity index (χ3n) is 2.53. The van der Waals surface area contributed by atoms with Gasteiger partial charge >= 0.3 is 5.97 Å². The molecule has 88 valence electrons. The van der Waals surface area contributed by atoms with Gasteiger partial charge in [-0.05, 0) is 18.4 Å². The molecule has 16 heavy (non-hydrogen) atoms. The van der Waals surface area contributed by atoms with Gasteiger partial charge in [0.1, 0.15) is 6.61 Å². The smallest absolute Gasteiger partial charge is 0.298 e. The standard InChI is InChI=1S/C13H18O3/c1-3-12(4-2)13(14)16-15-10-11-8-6-5-7-9-11/h5-9,12H,3-4,10H2,1-2H3. The molecule has 0 aliphatic rings. The molecule has 3 nitrogen and oxygen atoms in total. The van der Waals surface area contributed by atoms with Crippen LogP contribution in [0.2, 0.25) is 0 Å². The molecule has 1 aromatic carbocycles. The van der Waals surface area contributed by atoms with E-state index in [0.717, 1.165) is 18.4 Å². The Labute approximate surface area is 96.3 Å². The van der Waals surface area contributed by atoms with Crippen LogP contribution in [0.3, 0.4) is 0 Å². The Morgan fingerprint density at radius 3 is 2.38 bits per heavy atom. The van der Waals surface area contributed by atoms with E-state index in [9.17, 15) is 4.79 Å². The van der Waals surface area contributed by atoms with Crippen molar-refractivity contribution in [2.75, 3.05) is 0 Å². The number of hydrogen-bond donors (Lipinski definition) is 0. The van der Waals surface area contributed by atoms with Gasteiger partial charge in [-0.3, -0.25) is 4.89 Å². The highest BCUT2D eigenvalue weighted by Crippen LogP contribution is 2.10. The molecule has 0 atom stereocenters. The summed E-state index contributed by atoms with van der Waals surface area (Å²) in [6.45, 7) is 4.23. The summed E-state index contributed by atoms with van der Waals surface area (Å²) in [5, 5.41) is 0. The molecule has 1 aromatic rings. The van der Waals surface area contributed by atoms with E-state index in [0.29, 0.717) is 6.61 Å². The summed E-state index contributed by atoms with van der Waals surface area (Å²) in [7, 11) is 0. The summed E-state index contributed by atoms with van der Waals surface area (Å²) < 4.78 is 0. The maximum Gasteiger partial charge on any atom is 0.345 e. The van der Waals surface area contributed by atoms with E-state index in [2.05, 4.69) is 0 Å². The van der Waals surface area contributed by atoms with Crippen LogP contribution in [0, 0.1) is 5.92 Å². The molecule has 0 aliphatic carbocycles.